The third kappa shape index (κ3) is 1.03. The molecule has 1 aromatic carbocycles. The van der Waals surface area contributed by atoms with Crippen molar-refractivity contribution < 1.29 is 9.21 Å². The molecule has 0 saturated carbocycles. The lowest BCUT2D eigenvalue weighted by atomic mass is 10.2. The van der Waals surface area contributed by atoms with Crippen LogP contribution in [0, 0.1) is 0 Å². The first kappa shape index (κ1) is 8.88. The van der Waals surface area contributed by atoms with E-state index in [4.69, 9.17) is 4.42 Å². The second-order valence-electron chi connectivity index (χ2n) is 3.43. The van der Waals surface area contributed by atoms with Crippen LogP contribution in [0.4, 0.5) is 5.82 Å². The van der Waals surface area contributed by atoms with Crippen LogP contribution in [0.1, 0.15) is 0 Å². The van der Waals surface area contributed by atoms with Gasteiger partial charge in [-0.25, -0.2) is 9.48 Å². The first-order chi connectivity index (χ1) is 7.81. The van der Waals surface area contributed by atoms with Gasteiger partial charge in [0.15, 0.2) is 0 Å². The van der Waals surface area contributed by atoms with Crippen molar-refractivity contribution in [1.29, 1.82) is 0 Å². The van der Waals surface area contributed by atoms with Crippen LogP contribution >= 0.6 is 0 Å². The minimum Gasteiger partial charge on any atom is -0.450 e. The number of fused-ring (bicyclic) bond motifs is 3. The van der Waals surface area contributed by atoms with E-state index >= 15 is 0 Å². The number of hydrogen-bond acceptors (Lipinski definition) is 4. The first-order valence-electron chi connectivity index (χ1n) is 4.73. The maximum atomic E-state index is 10.3. The Morgan fingerprint density at radius 1 is 1.44 bits per heavy atom. The van der Waals surface area contributed by atoms with Crippen LogP contribution in [0.15, 0.2) is 33.7 Å². The van der Waals surface area contributed by atoms with E-state index in [-0.39, 0.29) is 0 Å². The van der Waals surface area contributed by atoms with E-state index < -0.39 is 0 Å². The minimum atomic E-state index is 0.390. The molecule has 3 aromatic rings. The number of benzene rings is 1. The summed E-state index contributed by atoms with van der Waals surface area (Å²) in [5.41, 5.74) is 1.97. The van der Waals surface area contributed by atoms with Crippen molar-refractivity contribution in [3.05, 3.63) is 24.3 Å². The van der Waals surface area contributed by atoms with Crippen molar-refractivity contribution in [3.63, 3.8) is 0 Å². The van der Waals surface area contributed by atoms with Crippen LogP contribution in [-0.2, 0) is 11.8 Å². The normalized spacial score (nSPS) is 10.8. The minimum absolute atomic E-state index is 0.390. The highest BCUT2D eigenvalue weighted by Crippen LogP contribution is 2.33. The Balaban J connectivity index is 2.52. The second-order valence-corrected chi connectivity index (χ2v) is 3.43. The van der Waals surface area contributed by atoms with Gasteiger partial charge < -0.3 is 4.42 Å². The van der Waals surface area contributed by atoms with E-state index in [2.05, 4.69) is 10.1 Å². The Hall–Kier alpha value is -2.39. The molecular formula is C11H7N3O2. The molecule has 0 unspecified atom stereocenters. The molecule has 5 nitrogen and oxygen atoms in total. The zero-order valence-electron chi connectivity index (χ0n) is 8.47. The van der Waals surface area contributed by atoms with Gasteiger partial charge in [-0.15, -0.1) is 4.99 Å². The highest BCUT2D eigenvalue weighted by molar-refractivity contribution is 6.05. The standard InChI is InChI=1S/C11H7N3O2/c1-14-11(12-6-15)10-9(13-14)7-4-2-3-5-8(7)16-10/h2-5H,1H3. The van der Waals surface area contributed by atoms with Crippen molar-refractivity contribution in [2.45, 2.75) is 0 Å². The largest absolute Gasteiger partial charge is 0.450 e. The van der Waals surface area contributed by atoms with Crippen molar-refractivity contribution in [1.82, 2.24) is 9.78 Å². The molecule has 2 heterocycles. The van der Waals surface area contributed by atoms with Crippen LogP contribution in [0.25, 0.3) is 22.1 Å². The van der Waals surface area contributed by atoms with E-state index in [0.717, 1.165) is 11.0 Å². The number of aromatic nitrogens is 2. The zero-order valence-corrected chi connectivity index (χ0v) is 8.47. The number of hydrogen-bond donors (Lipinski definition) is 0. The quantitative estimate of drug-likeness (QED) is 0.460. The van der Waals surface area contributed by atoms with Gasteiger partial charge in [-0.2, -0.15) is 5.10 Å². The number of isocyanates is 1. The molecule has 0 atom stereocenters. The maximum Gasteiger partial charge on any atom is 0.242 e. The molecule has 16 heavy (non-hydrogen) atoms. The molecule has 0 bridgehead atoms. The van der Waals surface area contributed by atoms with Gasteiger partial charge in [0.25, 0.3) is 0 Å². The predicted octanol–water partition coefficient (Wildman–Crippen LogP) is 2.29. The fourth-order valence-corrected chi connectivity index (χ4v) is 1.79. The lowest BCUT2D eigenvalue weighted by Gasteiger charge is -1.90. The summed E-state index contributed by atoms with van der Waals surface area (Å²) in [7, 11) is 1.71. The molecule has 0 spiro atoms. The van der Waals surface area contributed by atoms with Crippen molar-refractivity contribution >= 4 is 34.0 Å². The van der Waals surface area contributed by atoms with Gasteiger partial charge in [0.2, 0.25) is 17.5 Å². The van der Waals surface area contributed by atoms with Crippen LogP contribution in [0.5, 0.6) is 0 Å². The first-order valence-corrected chi connectivity index (χ1v) is 4.73. The third-order valence-corrected chi connectivity index (χ3v) is 2.48. The van der Waals surface area contributed by atoms with Gasteiger partial charge in [-0.05, 0) is 12.1 Å². The molecule has 0 aliphatic carbocycles. The topological polar surface area (TPSA) is 60.4 Å². The molecule has 0 saturated heterocycles. The smallest absolute Gasteiger partial charge is 0.242 e. The Bertz CT molecular complexity index is 732. The molecule has 2 aromatic heterocycles. The number of aliphatic imine (C=N–C) groups is 1. The van der Waals surface area contributed by atoms with Crippen LogP contribution in [0.2, 0.25) is 0 Å². The van der Waals surface area contributed by atoms with Gasteiger partial charge in [0.05, 0.1) is 0 Å². The van der Waals surface area contributed by atoms with Gasteiger partial charge >= 0.3 is 0 Å². The van der Waals surface area contributed by atoms with E-state index in [1.54, 1.807) is 7.05 Å². The van der Waals surface area contributed by atoms with Crippen LogP contribution in [-0.4, -0.2) is 15.9 Å². The molecule has 0 amide bonds. The number of carbonyl (C=O) groups excluding carboxylic acids is 1. The average Bonchev–Trinajstić information content (AvgIpc) is 2.78. The summed E-state index contributed by atoms with van der Waals surface area (Å²) in [5.74, 6) is 0.390. The van der Waals surface area contributed by atoms with Gasteiger partial charge in [0.1, 0.15) is 11.1 Å². The number of furan rings is 1. The fourth-order valence-electron chi connectivity index (χ4n) is 1.79. The summed E-state index contributed by atoms with van der Waals surface area (Å²) in [6.45, 7) is 0. The monoisotopic (exact) mass is 213 g/mol. The maximum absolute atomic E-state index is 10.3. The van der Waals surface area contributed by atoms with Crippen LogP contribution < -0.4 is 0 Å². The molecule has 0 aliphatic rings. The molecule has 0 fully saturated rings. The highest BCUT2D eigenvalue weighted by atomic mass is 16.3. The summed E-state index contributed by atoms with van der Waals surface area (Å²) in [5, 5.41) is 5.19. The summed E-state index contributed by atoms with van der Waals surface area (Å²) < 4.78 is 7.11. The molecule has 0 aliphatic heterocycles. The Morgan fingerprint density at radius 2 is 2.25 bits per heavy atom. The number of aryl methyl sites for hydroxylation is 1. The van der Waals surface area contributed by atoms with E-state index in [9.17, 15) is 4.79 Å². The van der Waals surface area contributed by atoms with Crippen molar-refractivity contribution in [3.8, 4) is 0 Å². The molecular weight excluding hydrogens is 206 g/mol. The van der Waals surface area contributed by atoms with Crippen LogP contribution in [0.3, 0.4) is 0 Å². The molecule has 0 radical (unpaired) electrons. The fraction of sp³-hybridized carbons (Fsp3) is 0.0909. The lowest BCUT2D eigenvalue weighted by Crippen LogP contribution is -1.88. The molecule has 78 valence electrons. The Kier molecular flexibility index (Phi) is 1.69. The van der Waals surface area contributed by atoms with Crippen molar-refractivity contribution in [2.75, 3.05) is 0 Å². The molecule has 5 heteroatoms. The highest BCUT2D eigenvalue weighted by Gasteiger charge is 2.15. The van der Waals surface area contributed by atoms with E-state index in [1.807, 2.05) is 24.3 Å². The van der Waals surface area contributed by atoms with Gasteiger partial charge in [-0.3, -0.25) is 0 Å². The SMILES string of the molecule is Cn1nc2c(oc3ccccc32)c1N=C=O. The Labute approximate surface area is 90.0 Å². The lowest BCUT2D eigenvalue weighted by molar-refractivity contribution is 0.564. The summed E-state index contributed by atoms with van der Waals surface area (Å²) in [6.07, 6.45) is 1.50. The number of para-hydroxylation sites is 1. The summed E-state index contributed by atoms with van der Waals surface area (Å²) in [6, 6.07) is 7.57. The van der Waals surface area contributed by atoms with Crippen molar-refractivity contribution in [2.24, 2.45) is 12.0 Å². The van der Waals surface area contributed by atoms with E-state index in [0.29, 0.717) is 16.9 Å². The predicted molar refractivity (Wildman–Crippen MR) is 58.3 cm³/mol. The Morgan fingerprint density at radius 3 is 3.06 bits per heavy atom. The molecule has 0 N–H and O–H groups in total. The average molecular weight is 213 g/mol. The molecule has 3 rings (SSSR count). The third-order valence-electron chi connectivity index (χ3n) is 2.48. The van der Waals surface area contributed by atoms with E-state index in [1.165, 1.54) is 10.8 Å². The second kappa shape index (κ2) is 3.05. The zero-order chi connectivity index (χ0) is 11.1. The van der Waals surface area contributed by atoms with Gasteiger partial charge in [0, 0.05) is 12.4 Å². The number of nitrogens with zero attached hydrogens (tertiary/aromatic N) is 3. The number of rotatable bonds is 1. The summed E-state index contributed by atoms with van der Waals surface area (Å²) >= 11 is 0. The summed E-state index contributed by atoms with van der Waals surface area (Å²) in [4.78, 5) is 13.9. The van der Waals surface area contributed by atoms with Gasteiger partial charge in [-0.1, -0.05) is 12.1 Å².